The Morgan fingerprint density at radius 1 is 1.38 bits per heavy atom. The molecule has 2 aliphatic rings. The Morgan fingerprint density at radius 2 is 2.25 bits per heavy atom. The first kappa shape index (κ1) is 15.8. The van der Waals surface area contributed by atoms with E-state index >= 15 is 0 Å². The number of nitrogens with zero attached hydrogens (tertiary/aromatic N) is 5. The van der Waals surface area contributed by atoms with Gasteiger partial charge in [-0.15, -0.1) is 0 Å². The maximum atomic E-state index is 5.61. The number of aromatic amines is 1. The van der Waals surface area contributed by atoms with E-state index in [-0.39, 0.29) is 12.1 Å². The number of hydrogen-bond acceptors (Lipinski definition) is 5. The van der Waals surface area contributed by atoms with Crippen LogP contribution in [0.1, 0.15) is 55.4 Å². The molecule has 2 fully saturated rings. The van der Waals surface area contributed by atoms with Crippen LogP contribution in [0, 0.1) is 0 Å². The lowest BCUT2D eigenvalue weighted by atomic mass is 10.1. The molecular formula is C17H26N6O. The highest BCUT2D eigenvalue weighted by atomic mass is 16.5. The minimum atomic E-state index is 0.267. The number of ether oxygens (including phenoxy) is 1. The topological polar surface area (TPSA) is 71.9 Å². The average molecular weight is 330 g/mol. The second kappa shape index (κ2) is 6.64. The smallest absolute Gasteiger partial charge is 0.153 e. The Morgan fingerprint density at radius 3 is 2.96 bits per heavy atom. The van der Waals surface area contributed by atoms with Gasteiger partial charge in [0.15, 0.2) is 5.82 Å². The highest BCUT2D eigenvalue weighted by molar-refractivity contribution is 5.10. The first-order valence-electron chi connectivity index (χ1n) is 8.97. The predicted octanol–water partition coefficient (Wildman–Crippen LogP) is 1.90. The number of H-pyrrole nitrogens is 1. The van der Waals surface area contributed by atoms with Gasteiger partial charge in [0, 0.05) is 38.9 Å². The molecule has 7 heteroatoms. The zero-order chi connectivity index (χ0) is 16.5. The van der Waals surface area contributed by atoms with Crippen LogP contribution < -0.4 is 0 Å². The Hall–Kier alpha value is -1.73. The van der Waals surface area contributed by atoms with Gasteiger partial charge < -0.3 is 4.74 Å². The number of rotatable bonds is 7. The molecule has 2 aromatic heterocycles. The fraction of sp³-hybridized carbons (Fsp3) is 0.706. The van der Waals surface area contributed by atoms with Gasteiger partial charge in [0.05, 0.1) is 18.3 Å². The van der Waals surface area contributed by atoms with Crippen LogP contribution in [0.3, 0.4) is 0 Å². The maximum absolute atomic E-state index is 5.61. The fourth-order valence-electron chi connectivity index (χ4n) is 3.51. The minimum absolute atomic E-state index is 0.267. The number of methoxy groups -OCH3 is 1. The molecule has 24 heavy (non-hydrogen) atoms. The van der Waals surface area contributed by atoms with Crippen molar-refractivity contribution in [3.05, 3.63) is 29.6 Å². The van der Waals surface area contributed by atoms with Crippen molar-refractivity contribution >= 4 is 0 Å². The third-order valence-electron chi connectivity index (χ3n) is 5.17. The van der Waals surface area contributed by atoms with E-state index in [9.17, 15) is 0 Å². The molecule has 130 valence electrons. The summed E-state index contributed by atoms with van der Waals surface area (Å²) in [6.07, 6.45) is 8.81. The fourth-order valence-corrected chi connectivity index (χ4v) is 3.51. The highest BCUT2D eigenvalue weighted by Crippen LogP contribution is 2.39. The molecule has 0 unspecified atom stereocenters. The van der Waals surface area contributed by atoms with Crippen LogP contribution in [0.4, 0.5) is 0 Å². The van der Waals surface area contributed by atoms with E-state index < -0.39 is 0 Å². The Balaban J connectivity index is 1.44. The second-order valence-electron chi connectivity index (χ2n) is 6.91. The number of likely N-dealkylation sites (tertiary alicyclic amines) is 1. The quantitative estimate of drug-likeness (QED) is 0.839. The van der Waals surface area contributed by atoms with Crippen molar-refractivity contribution in [3.8, 4) is 0 Å². The molecule has 0 spiro atoms. The largest absolute Gasteiger partial charge is 0.380 e. The molecule has 1 saturated carbocycles. The van der Waals surface area contributed by atoms with Crippen LogP contribution in [0.2, 0.25) is 0 Å². The SMILES string of the molecule is CCn1cc(CCN2C[C@H](OC)C[C@H]2c2nc(C3CC3)n[nH]2)cn1. The van der Waals surface area contributed by atoms with Gasteiger partial charge in [0.25, 0.3) is 0 Å². The monoisotopic (exact) mass is 330 g/mol. The summed E-state index contributed by atoms with van der Waals surface area (Å²) in [7, 11) is 1.80. The van der Waals surface area contributed by atoms with E-state index in [1.807, 2.05) is 10.9 Å². The molecule has 2 atom stereocenters. The van der Waals surface area contributed by atoms with Crippen molar-refractivity contribution in [3.63, 3.8) is 0 Å². The van der Waals surface area contributed by atoms with Crippen LogP contribution in [-0.4, -0.2) is 56.2 Å². The third kappa shape index (κ3) is 3.23. The summed E-state index contributed by atoms with van der Waals surface area (Å²) >= 11 is 0. The molecule has 1 aliphatic carbocycles. The molecule has 1 N–H and O–H groups in total. The van der Waals surface area contributed by atoms with Crippen molar-refractivity contribution in [1.82, 2.24) is 29.9 Å². The van der Waals surface area contributed by atoms with E-state index in [0.29, 0.717) is 5.92 Å². The third-order valence-corrected chi connectivity index (χ3v) is 5.17. The van der Waals surface area contributed by atoms with Gasteiger partial charge in [0.2, 0.25) is 0 Å². The van der Waals surface area contributed by atoms with Gasteiger partial charge >= 0.3 is 0 Å². The zero-order valence-electron chi connectivity index (χ0n) is 14.5. The van der Waals surface area contributed by atoms with Crippen LogP contribution in [0.5, 0.6) is 0 Å². The van der Waals surface area contributed by atoms with Gasteiger partial charge in [0.1, 0.15) is 5.82 Å². The Labute approximate surface area is 142 Å². The van der Waals surface area contributed by atoms with E-state index in [1.165, 1.54) is 18.4 Å². The summed E-state index contributed by atoms with van der Waals surface area (Å²) in [6, 6.07) is 0.274. The Kier molecular flexibility index (Phi) is 4.37. The van der Waals surface area contributed by atoms with Crippen LogP contribution in [0.25, 0.3) is 0 Å². The van der Waals surface area contributed by atoms with Crippen molar-refractivity contribution in [2.24, 2.45) is 0 Å². The van der Waals surface area contributed by atoms with Gasteiger partial charge in [-0.1, -0.05) is 0 Å². The lowest BCUT2D eigenvalue weighted by molar-refractivity contribution is 0.108. The summed E-state index contributed by atoms with van der Waals surface area (Å²) in [5.74, 6) is 2.58. The summed E-state index contributed by atoms with van der Waals surface area (Å²) in [4.78, 5) is 7.23. The predicted molar refractivity (Wildman–Crippen MR) is 89.7 cm³/mol. The number of nitrogens with one attached hydrogen (secondary N) is 1. The molecule has 3 heterocycles. The normalized spacial score (nSPS) is 24.8. The van der Waals surface area contributed by atoms with Gasteiger partial charge in [-0.3, -0.25) is 14.7 Å². The van der Waals surface area contributed by atoms with E-state index in [4.69, 9.17) is 9.72 Å². The van der Waals surface area contributed by atoms with Crippen molar-refractivity contribution in [1.29, 1.82) is 0 Å². The van der Waals surface area contributed by atoms with E-state index in [2.05, 4.69) is 33.3 Å². The van der Waals surface area contributed by atoms with E-state index in [1.54, 1.807) is 7.11 Å². The van der Waals surface area contributed by atoms with Crippen LogP contribution >= 0.6 is 0 Å². The second-order valence-corrected chi connectivity index (χ2v) is 6.91. The average Bonchev–Trinajstić information content (AvgIpc) is 3.05. The zero-order valence-corrected chi connectivity index (χ0v) is 14.5. The minimum Gasteiger partial charge on any atom is -0.380 e. The maximum Gasteiger partial charge on any atom is 0.153 e. The molecule has 0 radical (unpaired) electrons. The summed E-state index contributed by atoms with van der Waals surface area (Å²) < 4.78 is 7.59. The van der Waals surface area contributed by atoms with Gasteiger partial charge in [-0.2, -0.15) is 10.2 Å². The molecule has 0 amide bonds. The number of aryl methyl sites for hydroxylation is 1. The van der Waals surface area contributed by atoms with Crippen molar-refractivity contribution in [2.75, 3.05) is 20.2 Å². The van der Waals surface area contributed by atoms with Crippen molar-refractivity contribution in [2.45, 2.75) is 57.2 Å². The molecular weight excluding hydrogens is 304 g/mol. The first-order chi connectivity index (χ1) is 11.8. The highest BCUT2D eigenvalue weighted by Gasteiger charge is 2.36. The Bertz CT molecular complexity index is 676. The van der Waals surface area contributed by atoms with Gasteiger partial charge in [-0.05, 0) is 38.2 Å². The standard InChI is InChI=1S/C17H26N6O/c1-3-23-10-12(9-18-23)6-7-22-11-14(24-2)8-15(22)17-19-16(20-21-17)13-4-5-13/h9-10,13-15H,3-8,11H2,1-2H3,(H,19,20,21)/t14-,15+/m1/s1. The molecule has 7 nitrogen and oxygen atoms in total. The van der Waals surface area contributed by atoms with Crippen LogP contribution in [-0.2, 0) is 17.7 Å². The van der Waals surface area contributed by atoms with Crippen molar-refractivity contribution < 1.29 is 4.74 Å². The van der Waals surface area contributed by atoms with Crippen LogP contribution in [0.15, 0.2) is 12.4 Å². The first-order valence-corrected chi connectivity index (χ1v) is 8.97. The number of aromatic nitrogens is 5. The number of hydrogen-bond donors (Lipinski definition) is 1. The molecule has 2 aromatic rings. The molecule has 1 saturated heterocycles. The molecule has 0 aromatic carbocycles. The van der Waals surface area contributed by atoms with E-state index in [0.717, 1.165) is 44.1 Å². The summed E-state index contributed by atoms with van der Waals surface area (Å²) in [5.41, 5.74) is 1.28. The summed E-state index contributed by atoms with van der Waals surface area (Å²) in [5, 5.41) is 12.0. The lowest BCUT2D eigenvalue weighted by Gasteiger charge is -2.21. The van der Waals surface area contributed by atoms with Gasteiger partial charge in [-0.25, -0.2) is 4.98 Å². The molecule has 1 aliphatic heterocycles. The molecule has 4 rings (SSSR count). The summed E-state index contributed by atoms with van der Waals surface area (Å²) in [6.45, 7) is 4.96. The molecule has 0 bridgehead atoms. The lowest BCUT2D eigenvalue weighted by Crippen LogP contribution is -2.28.